The number of hydrogen-bond acceptors (Lipinski definition) is 2. The Hall–Kier alpha value is -1.44. The third kappa shape index (κ3) is 1.74. The van der Waals surface area contributed by atoms with Crippen molar-refractivity contribution in [2.75, 3.05) is 6.61 Å². The van der Waals surface area contributed by atoms with Crippen LogP contribution in [0.15, 0.2) is 41.9 Å². The molecule has 1 heterocycles. The zero-order valence-corrected chi connectivity index (χ0v) is 8.49. The molecule has 0 saturated carbocycles. The second kappa shape index (κ2) is 3.74. The molecule has 0 spiro atoms. The number of rotatable bonds is 1. The van der Waals surface area contributed by atoms with Crippen molar-refractivity contribution in [2.24, 2.45) is 0 Å². The fourth-order valence-electron chi connectivity index (χ4n) is 1.44. The van der Waals surface area contributed by atoms with Gasteiger partial charge in [0.05, 0.1) is 0 Å². The van der Waals surface area contributed by atoms with Crippen molar-refractivity contribution in [1.29, 1.82) is 0 Å². The molecular weight excluding hydrogens is 176 g/mol. The minimum absolute atomic E-state index is 0.0566. The molecule has 1 aliphatic heterocycles. The van der Waals surface area contributed by atoms with Gasteiger partial charge in [-0.25, -0.2) is 0 Å². The first-order valence-electron chi connectivity index (χ1n) is 4.79. The SMILES string of the molecule is CC(C)=C1OCC(c2ccccc2)O1. The Bertz CT molecular complexity index is 337. The van der Waals surface area contributed by atoms with E-state index < -0.39 is 0 Å². The maximum Gasteiger partial charge on any atom is 0.278 e. The zero-order valence-electron chi connectivity index (χ0n) is 8.49. The van der Waals surface area contributed by atoms with Crippen LogP contribution in [0.25, 0.3) is 0 Å². The van der Waals surface area contributed by atoms with Crippen molar-refractivity contribution in [3.8, 4) is 0 Å². The van der Waals surface area contributed by atoms with E-state index in [2.05, 4.69) is 12.1 Å². The minimum Gasteiger partial charge on any atom is -0.461 e. The Balaban J connectivity index is 2.14. The van der Waals surface area contributed by atoms with Gasteiger partial charge in [0.25, 0.3) is 5.95 Å². The van der Waals surface area contributed by atoms with Crippen LogP contribution in [-0.2, 0) is 9.47 Å². The molecule has 1 aromatic carbocycles. The molecule has 14 heavy (non-hydrogen) atoms. The monoisotopic (exact) mass is 190 g/mol. The van der Waals surface area contributed by atoms with E-state index >= 15 is 0 Å². The van der Waals surface area contributed by atoms with Crippen molar-refractivity contribution in [3.05, 3.63) is 47.4 Å². The first-order valence-corrected chi connectivity index (χ1v) is 4.79. The Kier molecular flexibility index (Phi) is 2.44. The maximum atomic E-state index is 5.67. The van der Waals surface area contributed by atoms with E-state index in [0.717, 1.165) is 5.57 Å². The lowest BCUT2D eigenvalue weighted by atomic mass is 10.1. The summed E-state index contributed by atoms with van der Waals surface area (Å²) in [6.07, 6.45) is 0.0566. The third-order valence-electron chi connectivity index (χ3n) is 2.19. The summed E-state index contributed by atoms with van der Waals surface area (Å²) in [7, 11) is 0. The van der Waals surface area contributed by atoms with Gasteiger partial charge in [-0.1, -0.05) is 30.3 Å². The number of allylic oxidation sites excluding steroid dienone is 1. The van der Waals surface area contributed by atoms with E-state index in [9.17, 15) is 0 Å². The van der Waals surface area contributed by atoms with Crippen molar-refractivity contribution < 1.29 is 9.47 Å². The van der Waals surface area contributed by atoms with Crippen molar-refractivity contribution in [3.63, 3.8) is 0 Å². The molecule has 1 atom stereocenters. The van der Waals surface area contributed by atoms with Crippen LogP contribution in [0.1, 0.15) is 25.5 Å². The van der Waals surface area contributed by atoms with E-state index in [-0.39, 0.29) is 6.10 Å². The third-order valence-corrected chi connectivity index (χ3v) is 2.19. The zero-order chi connectivity index (χ0) is 9.97. The Morgan fingerprint density at radius 2 is 1.93 bits per heavy atom. The van der Waals surface area contributed by atoms with Gasteiger partial charge in [-0.3, -0.25) is 0 Å². The topological polar surface area (TPSA) is 18.5 Å². The first kappa shape index (κ1) is 9.13. The van der Waals surface area contributed by atoms with Crippen molar-refractivity contribution in [1.82, 2.24) is 0 Å². The van der Waals surface area contributed by atoms with Crippen LogP contribution in [0.4, 0.5) is 0 Å². The highest BCUT2D eigenvalue weighted by molar-refractivity contribution is 5.19. The lowest BCUT2D eigenvalue weighted by Gasteiger charge is -2.07. The number of ether oxygens (including phenoxy) is 2. The number of hydrogen-bond donors (Lipinski definition) is 0. The summed E-state index contributed by atoms with van der Waals surface area (Å²) in [4.78, 5) is 0. The van der Waals surface area contributed by atoms with Crippen LogP contribution < -0.4 is 0 Å². The molecule has 0 aliphatic carbocycles. The van der Waals surface area contributed by atoms with Crippen molar-refractivity contribution >= 4 is 0 Å². The molecule has 2 rings (SSSR count). The van der Waals surface area contributed by atoms with E-state index in [1.54, 1.807) is 0 Å². The molecule has 1 aliphatic rings. The first-order chi connectivity index (χ1) is 6.77. The average molecular weight is 190 g/mol. The second-order valence-electron chi connectivity index (χ2n) is 3.62. The van der Waals surface area contributed by atoms with Crippen molar-refractivity contribution in [2.45, 2.75) is 20.0 Å². The van der Waals surface area contributed by atoms with Gasteiger partial charge in [0.2, 0.25) is 0 Å². The van der Waals surface area contributed by atoms with E-state index in [1.165, 1.54) is 5.56 Å². The summed E-state index contributed by atoms with van der Waals surface area (Å²) in [6, 6.07) is 10.1. The number of benzene rings is 1. The molecule has 1 unspecified atom stereocenters. The van der Waals surface area contributed by atoms with Crippen LogP contribution in [0.5, 0.6) is 0 Å². The molecule has 0 bridgehead atoms. The smallest absolute Gasteiger partial charge is 0.278 e. The van der Waals surface area contributed by atoms with Crippen LogP contribution >= 0.6 is 0 Å². The van der Waals surface area contributed by atoms with Gasteiger partial charge in [-0.2, -0.15) is 0 Å². The Morgan fingerprint density at radius 3 is 2.50 bits per heavy atom. The van der Waals surface area contributed by atoms with Gasteiger partial charge in [0.15, 0.2) is 6.10 Å². The lowest BCUT2D eigenvalue weighted by Crippen LogP contribution is -1.98. The summed E-state index contributed by atoms with van der Waals surface area (Å²) >= 11 is 0. The fraction of sp³-hybridized carbons (Fsp3) is 0.333. The quantitative estimate of drug-likeness (QED) is 0.677. The molecule has 2 heteroatoms. The lowest BCUT2D eigenvalue weighted by molar-refractivity contribution is 0.138. The molecule has 1 fully saturated rings. The molecule has 0 N–H and O–H groups in total. The highest BCUT2D eigenvalue weighted by Crippen LogP contribution is 2.29. The Labute approximate surface area is 84.2 Å². The summed E-state index contributed by atoms with van der Waals surface area (Å²) in [5.74, 6) is 0.679. The van der Waals surface area contributed by atoms with Gasteiger partial charge in [0, 0.05) is 5.57 Å². The van der Waals surface area contributed by atoms with Crippen LogP contribution in [0, 0.1) is 0 Å². The second-order valence-corrected chi connectivity index (χ2v) is 3.62. The predicted octanol–water partition coefficient (Wildman–Crippen LogP) is 3.03. The molecule has 0 amide bonds. The summed E-state index contributed by atoms with van der Waals surface area (Å²) in [5.41, 5.74) is 2.26. The minimum atomic E-state index is 0.0566. The largest absolute Gasteiger partial charge is 0.461 e. The van der Waals surface area contributed by atoms with Crippen LogP contribution in [0.3, 0.4) is 0 Å². The van der Waals surface area contributed by atoms with E-state index in [1.807, 2.05) is 32.0 Å². The Morgan fingerprint density at radius 1 is 1.21 bits per heavy atom. The summed E-state index contributed by atoms with van der Waals surface area (Å²) < 4.78 is 11.1. The molecular formula is C12H14O2. The van der Waals surface area contributed by atoms with Gasteiger partial charge in [-0.15, -0.1) is 0 Å². The van der Waals surface area contributed by atoms with Gasteiger partial charge >= 0.3 is 0 Å². The molecule has 2 nitrogen and oxygen atoms in total. The average Bonchev–Trinajstić information content (AvgIpc) is 2.68. The standard InChI is InChI=1S/C12H14O2/c1-9(2)12-13-8-11(14-12)10-6-4-3-5-7-10/h3-7,11H,8H2,1-2H3. The molecule has 1 saturated heterocycles. The van der Waals surface area contributed by atoms with Crippen LogP contribution in [-0.4, -0.2) is 6.61 Å². The predicted molar refractivity (Wildman–Crippen MR) is 54.6 cm³/mol. The normalized spacial score (nSPS) is 20.1. The maximum absolute atomic E-state index is 5.67. The highest BCUT2D eigenvalue weighted by atomic mass is 16.7. The fourth-order valence-corrected chi connectivity index (χ4v) is 1.44. The summed E-state index contributed by atoms with van der Waals surface area (Å²) in [5, 5.41) is 0. The van der Waals surface area contributed by atoms with E-state index in [0.29, 0.717) is 12.6 Å². The summed E-state index contributed by atoms with van der Waals surface area (Å²) in [6.45, 7) is 4.59. The molecule has 1 aromatic rings. The highest BCUT2D eigenvalue weighted by Gasteiger charge is 2.23. The molecule has 0 aromatic heterocycles. The molecule has 74 valence electrons. The van der Waals surface area contributed by atoms with Crippen LogP contribution in [0.2, 0.25) is 0 Å². The van der Waals surface area contributed by atoms with Gasteiger partial charge < -0.3 is 9.47 Å². The molecule has 0 radical (unpaired) electrons. The van der Waals surface area contributed by atoms with Gasteiger partial charge in [0.1, 0.15) is 6.61 Å². The van der Waals surface area contributed by atoms with E-state index in [4.69, 9.17) is 9.47 Å². The van der Waals surface area contributed by atoms with Gasteiger partial charge in [-0.05, 0) is 19.4 Å².